The summed E-state index contributed by atoms with van der Waals surface area (Å²) < 4.78 is 4.47. The topological polar surface area (TPSA) is 93.5 Å². The van der Waals surface area contributed by atoms with Gasteiger partial charge in [-0.2, -0.15) is 0 Å². The van der Waals surface area contributed by atoms with Crippen LogP contribution in [0.4, 0.5) is 16.2 Å². The van der Waals surface area contributed by atoms with Gasteiger partial charge in [-0.25, -0.2) is 4.79 Å². The molecule has 0 fully saturated rings. The zero-order chi connectivity index (χ0) is 14.4. The van der Waals surface area contributed by atoms with Crippen molar-refractivity contribution in [2.24, 2.45) is 11.7 Å². The Kier molecular flexibility index (Phi) is 5.32. The Labute approximate surface area is 112 Å². The van der Waals surface area contributed by atoms with Gasteiger partial charge in [0.2, 0.25) is 5.91 Å². The SMILES string of the molecule is COC(=O)Nc1ccc(NC(=O)C(N)C(C)C)cc1. The maximum absolute atomic E-state index is 11.7. The molecule has 0 saturated carbocycles. The monoisotopic (exact) mass is 265 g/mol. The van der Waals surface area contributed by atoms with Crippen molar-refractivity contribution in [1.82, 2.24) is 0 Å². The molecule has 0 heterocycles. The smallest absolute Gasteiger partial charge is 0.411 e. The van der Waals surface area contributed by atoms with E-state index in [0.717, 1.165) is 0 Å². The van der Waals surface area contributed by atoms with Crippen molar-refractivity contribution in [3.8, 4) is 0 Å². The molecule has 1 aromatic rings. The number of hydrogen-bond donors (Lipinski definition) is 3. The molecule has 104 valence electrons. The summed E-state index contributed by atoms with van der Waals surface area (Å²) in [6.07, 6.45) is -0.543. The summed E-state index contributed by atoms with van der Waals surface area (Å²) in [6, 6.07) is 6.13. The van der Waals surface area contributed by atoms with Crippen molar-refractivity contribution in [1.29, 1.82) is 0 Å². The summed E-state index contributed by atoms with van der Waals surface area (Å²) >= 11 is 0. The summed E-state index contributed by atoms with van der Waals surface area (Å²) in [6.45, 7) is 3.77. The second-order valence-electron chi connectivity index (χ2n) is 4.45. The Hall–Kier alpha value is -2.08. The third-order valence-electron chi connectivity index (χ3n) is 2.61. The van der Waals surface area contributed by atoms with Crippen LogP contribution in [0, 0.1) is 5.92 Å². The molecule has 19 heavy (non-hydrogen) atoms. The second kappa shape index (κ2) is 6.75. The van der Waals surface area contributed by atoms with Crippen LogP contribution in [0.15, 0.2) is 24.3 Å². The lowest BCUT2D eigenvalue weighted by molar-refractivity contribution is -0.118. The number of ether oxygens (including phenoxy) is 1. The number of carbonyl (C=O) groups is 2. The van der Waals surface area contributed by atoms with E-state index in [-0.39, 0.29) is 11.8 Å². The zero-order valence-electron chi connectivity index (χ0n) is 11.3. The first-order valence-corrected chi connectivity index (χ1v) is 5.95. The van der Waals surface area contributed by atoms with Crippen LogP contribution in [0.2, 0.25) is 0 Å². The molecule has 0 bridgehead atoms. The number of methoxy groups -OCH3 is 1. The van der Waals surface area contributed by atoms with E-state index >= 15 is 0 Å². The number of nitrogens with two attached hydrogens (primary N) is 1. The predicted molar refractivity (Wildman–Crippen MR) is 73.9 cm³/mol. The molecule has 6 heteroatoms. The van der Waals surface area contributed by atoms with E-state index in [1.54, 1.807) is 24.3 Å². The van der Waals surface area contributed by atoms with Gasteiger partial charge in [-0.3, -0.25) is 10.1 Å². The number of anilines is 2. The minimum absolute atomic E-state index is 0.0697. The summed E-state index contributed by atoms with van der Waals surface area (Å²) in [7, 11) is 1.29. The summed E-state index contributed by atoms with van der Waals surface area (Å²) in [5, 5.41) is 5.22. The quantitative estimate of drug-likeness (QED) is 0.773. The molecule has 0 radical (unpaired) electrons. The van der Waals surface area contributed by atoms with Gasteiger partial charge >= 0.3 is 6.09 Å². The summed E-state index contributed by atoms with van der Waals surface area (Å²) in [5.41, 5.74) is 6.94. The van der Waals surface area contributed by atoms with E-state index in [1.165, 1.54) is 7.11 Å². The van der Waals surface area contributed by atoms with E-state index in [4.69, 9.17) is 5.73 Å². The number of benzene rings is 1. The molecular weight excluding hydrogens is 246 g/mol. The molecule has 0 saturated heterocycles. The Morgan fingerprint density at radius 2 is 1.58 bits per heavy atom. The molecule has 0 spiro atoms. The van der Waals surface area contributed by atoms with Crippen molar-refractivity contribution >= 4 is 23.4 Å². The van der Waals surface area contributed by atoms with Gasteiger partial charge in [0.1, 0.15) is 0 Å². The van der Waals surface area contributed by atoms with E-state index in [0.29, 0.717) is 11.4 Å². The van der Waals surface area contributed by atoms with Crippen LogP contribution in [-0.2, 0) is 9.53 Å². The molecule has 2 amide bonds. The molecule has 0 aliphatic carbocycles. The third-order valence-corrected chi connectivity index (χ3v) is 2.61. The van der Waals surface area contributed by atoms with Crippen LogP contribution in [0.5, 0.6) is 0 Å². The Balaban J connectivity index is 2.62. The van der Waals surface area contributed by atoms with Gasteiger partial charge < -0.3 is 15.8 Å². The van der Waals surface area contributed by atoms with Crippen LogP contribution in [-0.4, -0.2) is 25.2 Å². The van der Waals surface area contributed by atoms with Gasteiger partial charge in [0.15, 0.2) is 0 Å². The van der Waals surface area contributed by atoms with Gasteiger partial charge in [0.25, 0.3) is 0 Å². The highest BCUT2D eigenvalue weighted by Crippen LogP contribution is 2.14. The number of nitrogens with one attached hydrogen (secondary N) is 2. The van der Waals surface area contributed by atoms with Crippen molar-refractivity contribution in [3.63, 3.8) is 0 Å². The largest absolute Gasteiger partial charge is 0.453 e. The highest BCUT2D eigenvalue weighted by atomic mass is 16.5. The fourth-order valence-electron chi connectivity index (χ4n) is 1.33. The molecule has 0 aliphatic heterocycles. The minimum Gasteiger partial charge on any atom is -0.453 e. The van der Waals surface area contributed by atoms with E-state index in [9.17, 15) is 9.59 Å². The lowest BCUT2D eigenvalue weighted by Gasteiger charge is -2.15. The summed E-state index contributed by atoms with van der Waals surface area (Å²) in [4.78, 5) is 22.7. The number of rotatable bonds is 4. The van der Waals surface area contributed by atoms with Gasteiger partial charge in [0, 0.05) is 11.4 Å². The average Bonchev–Trinajstić information content (AvgIpc) is 2.39. The molecule has 1 atom stereocenters. The van der Waals surface area contributed by atoms with Crippen molar-refractivity contribution in [2.75, 3.05) is 17.7 Å². The molecule has 1 rings (SSSR count). The van der Waals surface area contributed by atoms with Gasteiger partial charge in [-0.1, -0.05) is 13.8 Å². The Bertz CT molecular complexity index is 443. The third kappa shape index (κ3) is 4.59. The van der Waals surface area contributed by atoms with Gasteiger partial charge in [0.05, 0.1) is 13.2 Å². The first-order valence-electron chi connectivity index (χ1n) is 5.95. The molecule has 4 N–H and O–H groups in total. The predicted octanol–water partition coefficient (Wildman–Crippen LogP) is 1.79. The normalized spacial score (nSPS) is 11.8. The van der Waals surface area contributed by atoms with Crippen LogP contribution < -0.4 is 16.4 Å². The van der Waals surface area contributed by atoms with Crippen LogP contribution >= 0.6 is 0 Å². The van der Waals surface area contributed by atoms with Crippen molar-refractivity contribution < 1.29 is 14.3 Å². The van der Waals surface area contributed by atoms with Crippen molar-refractivity contribution in [3.05, 3.63) is 24.3 Å². The Morgan fingerprint density at radius 3 is 2.00 bits per heavy atom. The van der Waals surface area contributed by atoms with Gasteiger partial charge in [-0.15, -0.1) is 0 Å². The maximum Gasteiger partial charge on any atom is 0.411 e. The molecule has 0 aromatic heterocycles. The standard InChI is InChI=1S/C13H19N3O3/c1-8(2)11(14)12(17)15-9-4-6-10(7-5-9)16-13(18)19-3/h4-8,11H,14H2,1-3H3,(H,15,17)(H,16,18). The lowest BCUT2D eigenvalue weighted by atomic mass is 10.0. The zero-order valence-corrected chi connectivity index (χ0v) is 11.3. The van der Waals surface area contributed by atoms with Gasteiger partial charge in [-0.05, 0) is 30.2 Å². The Morgan fingerprint density at radius 1 is 1.11 bits per heavy atom. The molecular formula is C13H19N3O3. The minimum atomic E-state index is -0.548. The number of hydrogen-bond acceptors (Lipinski definition) is 4. The van der Waals surface area contributed by atoms with E-state index in [2.05, 4.69) is 15.4 Å². The average molecular weight is 265 g/mol. The number of carbonyl (C=O) groups excluding carboxylic acids is 2. The van der Waals surface area contributed by atoms with Crippen molar-refractivity contribution in [2.45, 2.75) is 19.9 Å². The van der Waals surface area contributed by atoms with E-state index in [1.807, 2.05) is 13.8 Å². The number of amides is 2. The maximum atomic E-state index is 11.7. The lowest BCUT2D eigenvalue weighted by Crippen LogP contribution is -2.39. The van der Waals surface area contributed by atoms with E-state index < -0.39 is 12.1 Å². The fraction of sp³-hybridized carbons (Fsp3) is 0.385. The molecule has 1 unspecified atom stereocenters. The fourth-order valence-corrected chi connectivity index (χ4v) is 1.33. The molecule has 0 aliphatic rings. The summed E-state index contributed by atoms with van der Waals surface area (Å²) in [5.74, 6) is -0.163. The van der Waals surface area contributed by atoms with Crippen LogP contribution in [0.25, 0.3) is 0 Å². The molecule has 6 nitrogen and oxygen atoms in total. The van der Waals surface area contributed by atoms with Crippen LogP contribution in [0.3, 0.4) is 0 Å². The second-order valence-corrected chi connectivity index (χ2v) is 4.45. The molecule has 1 aromatic carbocycles. The first-order chi connectivity index (χ1) is 8.93. The van der Waals surface area contributed by atoms with Crippen LogP contribution in [0.1, 0.15) is 13.8 Å². The first kappa shape index (κ1) is 15.0. The highest BCUT2D eigenvalue weighted by molar-refractivity contribution is 5.95. The highest BCUT2D eigenvalue weighted by Gasteiger charge is 2.16.